The molecule has 0 fully saturated rings. The average molecular weight is 284 g/mol. The topological polar surface area (TPSA) is 29.1 Å². The van der Waals surface area contributed by atoms with Gasteiger partial charge in [0.2, 0.25) is 5.91 Å². The first-order valence-corrected chi connectivity index (χ1v) is 6.65. The van der Waals surface area contributed by atoms with Crippen molar-refractivity contribution >= 4 is 21.8 Å². The van der Waals surface area contributed by atoms with Gasteiger partial charge in [0.1, 0.15) is 0 Å². The highest BCUT2D eigenvalue weighted by Crippen LogP contribution is 2.06. The number of carbonyl (C=O) groups excluding carboxylic acids is 1. The molecule has 0 saturated heterocycles. The van der Waals surface area contributed by atoms with Crippen molar-refractivity contribution in [1.82, 2.24) is 5.32 Å². The predicted molar refractivity (Wildman–Crippen MR) is 70.9 cm³/mol. The molecule has 1 rings (SSSR count). The van der Waals surface area contributed by atoms with E-state index in [0.717, 1.165) is 11.8 Å². The maximum absolute atomic E-state index is 11.5. The fourth-order valence-corrected chi connectivity index (χ4v) is 1.67. The van der Waals surface area contributed by atoms with Gasteiger partial charge in [-0.2, -0.15) is 0 Å². The highest BCUT2D eigenvalue weighted by Gasteiger charge is 2.05. The first-order chi connectivity index (χ1) is 7.61. The molecule has 1 aromatic rings. The number of amides is 1. The van der Waals surface area contributed by atoms with Gasteiger partial charge in [-0.15, -0.1) is 0 Å². The van der Waals surface area contributed by atoms with Crippen molar-refractivity contribution in [3.8, 4) is 0 Å². The number of alkyl halides is 1. The third-order valence-electron chi connectivity index (χ3n) is 2.36. The van der Waals surface area contributed by atoms with Gasteiger partial charge in [0.25, 0.3) is 0 Å². The summed E-state index contributed by atoms with van der Waals surface area (Å²) in [6, 6.07) is 8.49. The van der Waals surface area contributed by atoms with Gasteiger partial charge in [0.15, 0.2) is 0 Å². The van der Waals surface area contributed by atoms with Crippen molar-refractivity contribution < 1.29 is 4.79 Å². The number of hydrogen-bond acceptors (Lipinski definition) is 1. The first kappa shape index (κ1) is 13.2. The number of aryl methyl sites for hydroxylation is 2. The van der Waals surface area contributed by atoms with Crippen LogP contribution in [-0.2, 0) is 11.2 Å². The average Bonchev–Trinajstić information content (AvgIpc) is 2.26. The molecule has 2 nitrogen and oxygen atoms in total. The Morgan fingerprint density at radius 1 is 1.50 bits per heavy atom. The van der Waals surface area contributed by atoms with Gasteiger partial charge < -0.3 is 5.32 Å². The van der Waals surface area contributed by atoms with Gasteiger partial charge in [-0.25, -0.2) is 0 Å². The van der Waals surface area contributed by atoms with E-state index < -0.39 is 0 Å². The van der Waals surface area contributed by atoms with E-state index in [1.165, 1.54) is 11.1 Å². The van der Waals surface area contributed by atoms with Crippen LogP contribution in [0, 0.1) is 6.92 Å². The minimum absolute atomic E-state index is 0.119. The summed E-state index contributed by atoms with van der Waals surface area (Å²) in [4.78, 5) is 11.5. The SMILES string of the molecule is Cc1cccc(CCC(=O)NC(C)CBr)c1. The molecule has 0 aliphatic heterocycles. The lowest BCUT2D eigenvalue weighted by Crippen LogP contribution is -2.33. The van der Waals surface area contributed by atoms with E-state index in [-0.39, 0.29) is 11.9 Å². The van der Waals surface area contributed by atoms with E-state index in [4.69, 9.17) is 0 Å². The van der Waals surface area contributed by atoms with Gasteiger partial charge in [-0.1, -0.05) is 45.8 Å². The van der Waals surface area contributed by atoms with Crippen LogP contribution in [0.3, 0.4) is 0 Å². The molecule has 0 radical (unpaired) electrons. The lowest BCUT2D eigenvalue weighted by atomic mass is 10.1. The van der Waals surface area contributed by atoms with Crippen LogP contribution < -0.4 is 5.32 Å². The molecule has 16 heavy (non-hydrogen) atoms. The Kier molecular flexibility index (Phi) is 5.53. The van der Waals surface area contributed by atoms with Crippen molar-refractivity contribution in [3.05, 3.63) is 35.4 Å². The van der Waals surface area contributed by atoms with E-state index in [0.29, 0.717) is 6.42 Å². The summed E-state index contributed by atoms with van der Waals surface area (Å²) < 4.78 is 0. The van der Waals surface area contributed by atoms with Crippen molar-refractivity contribution in [1.29, 1.82) is 0 Å². The summed E-state index contributed by atoms with van der Waals surface area (Å²) in [7, 11) is 0. The lowest BCUT2D eigenvalue weighted by Gasteiger charge is -2.10. The molecule has 0 bridgehead atoms. The molecule has 3 heteroatoms. The smallest absolute Gasteiger partial charge is 0.220 e. The van der Waals surface area contributed by atoms with Crippen LogP contribution in [0.25, 0.3) is 0 Å². The van der Waals surface area contributed by atoms with Gasteiger partial charge >= 0.3 is 0 Å². The minimum atomic E-state index is 0.119. The molecule has 0 spiro atoms. The van der Waals surface area contributed by atoms with Gasteiger partial charge in [0, 0.05) is 17.8 Å². The lowest BCUT2D eigenvalue weighted by molar-refractivity contribution is -0.121. The Morgan fingerprint density at radius 2 is 2.25 bits per heavy atom. The maximum atomic E-state index is 11.5. The van der Waals surface area contributed by atoms with Crippen LogP contribution >= 0.6 is 15.9 Å². The summed E-state index contributed by atoms with van der Waals surface area (Å²) >= 11 is 3.33. The van der Waals surface area contributed by atoms with Gasteiger partial charge in [0.05, 0.1) is 0 Å². The molecule has 1 atom stereocenters. The van der Waals surface area contributed by atoms with E-state index in [1.807, 2.05) is 13.0 Å². The minimum Gasteiger partial charge on any atom is -0.353 e. The molecule has 0 aliphatic carbocycles. The van der Waals surface area contributed by atoms with Crippen molar-refractivity contribution in [2.24, 2.45) is 0 Å². The third kappa shape index (κ3) is 4.79. The molecular weight excluding hydrogens is 266 g/mol. The van der Waals surface area contributed by atoms with E-state index >= 15 is 0 Å². The Labute approximate surface area is 106 Å². The number of hydrogen-bond donors (Lipinski definition) is 1. The second-order valence-corrected chi connectivity index (χ2v) is 4.76. The number of rotatable bonds is 5. The Balaban J connectivity index is 2.37. The summed E-state index contributed by atoms with van der Waals surface area (Å²) in [5, 5.41) is 3.72. The first-order valence-electron chi connectivity index (χ1n) is 5.52. The van der Waals surface area contributed by atoms with E-state index in [9.17, 15) is 4.79 Å². The molecule has 0 aromatic heterocycles. The molecule has 0 heterocycles. The quantitative estimate of drug-likeness (QED) is 0.828. The van der Waals surface area contributed by atoms with Crippen LogP contribution in [0.1, 0.15) is 24.5 Å². The number of nitrogens with one attached hydrogen (secondary N) is 1. The molecule has 1 aromatic carbocycles. The highest BCUT2D eigenvalue weighted by atomic mass is 79.9. The second-order valence-electron chi connectivity index (χ2n) is 4.11. The highest BCUT2D eigenvalue weighted by molar-refractivity contribution is 9.09. The maximum Gasteiger partial charge on any atom is 0.220 e. The molecule has 1 N–H and O–H groups in total. The fraction of sp³-hybridized carbons (Fsp3) is 0.462. The van der Waals surface area contributed by atoms with Crippen LogP contribution in [0.2, 0.25) is 0 Å². The summed E-state index contributed by atoms with van der Waals surface area (Å²) in [5.74, 6) is 0.119. The predicted octanol–water partition coefficient (Wildman–Crippen LogP) is 2.83. The Morgan fingerprint density at radius 3 is 2.88 bits per heavy atom. The van der Waals surface area contributed by atoms with Crippen LogP contribution in [0.4, 0.5) is 0 Å². The van der Waals surface area contributed by atoms with E-state index in [1.54, 1.807) is 0 Å². The second kappa shape index (κ2) is 6.69. The van der Waals surface area contributed by atoms with E-state index in [2.05, 4.69) is 46.4 Å². The monoisotopic (exact) mass is 283 g/mol. The Bertz CT molecular complexity index is 352. The largest absolute Gasteiger partial charge is 0.353 e. The number of benzene rings is 1. The molecular formula is C13H18BrNO. The van der Waals surface area contributed by atoms with Gasteiger partial charge in [-0.05, 0) is 25.8 Å². The summed E-state index contributed by atoms with van der Waals surface area (Å²) in [5.41, 5.74) is 2.47. The van der Waals surface area contributed by atoms with Crippen molar-refractivity contribution in [2.45, 2.75) is 32.7 Å². The number of carbonyl (C=O) groups is 1. The summed E-state index contributed by atoms with van der Waals surface area (Å²) in [6.45, 7) is 4.05. The zero-order valence-corrected chi connectivity index (χ0v) is 11.4. The Hall–Kier alpha value is -0.830. The molecule has 1 unspecified atom stereocenters. The van der Waals surface area contributed by atoms with Gasteiger partial charge in [-0.3, -0.25) is 4.79 Å². The van der Waals surface area contributed by atoms with Crippen molar-refractivity contribution in [2.75, 3.05) is 5.33 Å². The zero-order chi connectivity index (χ0) is 12.0. The molecule has 88 valence electrons. The molecule has 0 saturated carbocycles. The molecule has 1 amide bonds. The van der Waals surface area contributed by atoms with Crippen molar-refractivity contribution in [3.63, 3.8) is 0 Å². The standard InChI is InChI=1S/C13H18BrNO/c1-10-4-3-5-12(8-10)6-7-13(16)15-11(2)9-14/h3-5,8,11H,6-7,9H2,1-2H3,(H,15,16). The third-order valence-corrected chi connectivity index (χ3v) is 3.33. The van der Waals surface area contributed by atoms with Crippen LogP contribution in [0.5, 0.6) is 0 Å². The summed E-state index contributed by atoms with van der Waals surface area (Å²) in [6.07, 6.45) is 1.36. The molecule has 0 aliphatic rings. The number of halogens is 1. The normalized spacial score (nSPS) is 12.2. The zero-order valence-electron chi connectivity index (χ0n) is 9.79. The fourth-order valence-electron chi connectivity index (χ4n) is 1.51. The van der Waals surface area contributed by atoms with Crippen LogP contribution in [0.15, 0.2) is 24.3 Å². The van der Waals surface area contributed by atoms with Crippen LogP contribution in [-0.4, -0.2) is 17.3 Å².